The minimum Gasteiger partial charge on any atom is -0.357 e. The zero-order valence-electron chi connectivity index (χ0n) is 15.2. The number of hydrogen-bond acceptors (Lipinski definition) is 3. The Bertz CT molecular complexity index is 757. The third-order valence-corrected chi connectivity index (χ3v) is 6.36. The van der Waals surface area contributed by atoms with Crippen LogP contribution in [0.4, 0.5) is 0 Å². The number of rotatable bonds is 5. The third-order valence-electron chi connectivity index (χ3n) is 4.80. The number of likely N-dealkylation sites (tertiary alicyclic amines) is 1. The molecule has 3 heterocycles. The van der Waals surface area contributed by atoms with Gasteiger partial charge < -0.3 is 14.8 Å². The predicted octanol–water partition coefficient (Wildman–Crippen LogP) is 2.37. The molecule has 5 nitrogen and oxygen atoms in total. The van der Waals surface area contributed by atoms with Crippen LogP contribution in [-0.2, 0) is 16.6 Å². The first-order chi connectivity index (χ1) is 12.5. The summed E-state index contributed by atoms with van der Waals surface area (Å²) in [5, 5.41) is 3.11. The number of carbonyl (C=O) groups is 2. The molecule has 1 N–H and O–H groups in total. The normalized spacial score (nSPS) is 21.9. The van der Waals surface area contributed by atoms with Crippen LogP contribution < -0.4 is 5.32 Å². The molecule has 0 aliphatic carbocycles. The molecule has 0 bridgehead atoms. The Morgan fingerprint density at radius 2 is 2.12 bits per heavy atom. The van der Waals surface area contributed by atoms with Crippen molar-refractivity contribution in [1.29, 1.82) is 0 Å². The lowest BCUT2D eigenvalue weighted by Gasteiger charge is -2.50. The van der Waals surface area contributed by atoms with E-state index >= 15 is 0 Å². The van der Waals surface area contributed by atoms with Crippen LogP contribution in [-0.4, -0.2) is 50.9 Å². The van der Waals surface area contributed by atoms with E-state index in [0.29, 0.717) is 13.1 Å². The van der Waals surface area contributed by atoms with Gasteiger partial charge in [0.2, 0.25) is 11.8 Å². The second-order valence-corrected chi connectivity index (χ2v) is 8.30. The zero-order chi connectivity index (χ0) is 18.6. The SMILES string of the molecule is C/C=C/C=C/C(=O)NC1CCSC12CN(C(=O)/C=C/c1ccn(C)c1)C2. The van der Waals surface area contributed by atoms with E-state index in [1.165, 1.54) is 0 Å². The minimum absolute atomic E-state index is 0.0274. The van der Waals surface area contributed by atoms with Gasteiger partial charge in [-0.1, -0.05) is 18.2 Å². The maximum absolute atomic E-state index is 12.4. The molecule has 1 aromatic rings. The summed E-state index contributed by atoms with van der Waals surface area (Å²) in [4.78, 5) is 26.3. The number of nitrogens with one attached hydrogen (secondary N) is 1. The Morgan fingerprint density at radius 3 is 2.81 bits per heavy atom. The summed E-state index contributed by atoms with van der Waals surface area (Å²) in [6.07, 6.45) is 15.4. The molecule has 2 aliphatic rings. The molecule has 138 valence electrons. The number of carbonyl (C=O) groups excluding carboxylic acids is 2. The van der Waals surface area contributed by atoms with Crippen LogP contribution in [0.15, 0.2) is 48.8 Å². The van der Waals surface area contributed by atoms with Crippen molar-refractivity contribution in [2.75, 3.05) is 18.8 Å². The Labute approximate surface area is 158 Å². The van der Waals surface area contributed by atoms with Crippen LogP contribution in [0.5, 0.6) is 0 Å². The van der Waals surface area contributed by atoms with Gasteiger partial charge in [-0.05, 0) is 36.8 Å². The van der Waals surface area contributed by atoms with Gasteiger partial charge >= 0.3 is 0 Å². The zero-order valence-corrected chi connectivity index (χ0v) is 16.0. The van der Waals surface area contributed by atoms with Crippen LogP contribution in [0.1, 0.15) is 18.9 Å². The van der Waals surface area contributed by atoms with E-state index < -0.39 is 0 Å². The molecular weight excluding hydrogens is 346 g/mol. The average Bonchev–Trinajstić information content (AvgIpc) is 3.18. The van der Waals surface area contributed by atoms with Crippen molar-refractivity contribution in [3.63, 3.8) is 0 Å². The first kappa shape index (κ1) is 18.6. The molecule has 1 atom stereocenters. The largest absolute Gasteiger partial charge is 0.357 e. The Kier molecular flexibility index (Phi) is 5.71. The van der Waals surface area contributed by atoms with E-state index in [2.05, 4.69) is 5.32 Å². The molecule has 1 unspecified atom stereocenters. The van der Waals surface area contributed by atoms with Gasteiger partial charge in [0.15, 0.2) is 0 Å². The maximum atomic E-state index is 12.4. The number of aromatic nitrogens is 1. The quantitative estimate of drug-likeness (QED) is 0.639. The third kappa shape index (κ3) is 4.12. The number of amides is 2. The van der Waals surface area contributed by atoms with Crippen molar-refractivity contribution in [3.05, 3.63) is 54.4 Å². The van der Waals surface area contributed by atoms with E-state index in [9.17, 15) is 9.59 Å². The Morgan fingerprint density at radius 1 is 1.31 bits per heavy atom. The van der Waals surface area contributed by atoms with E-state index in [0.717, 1.165) is 17.7 Å². The predicted molar refractivity (Wildman–Crippen MR) is 107 cm³/mol. The molecule has 1 aromatic heterocycles. The van der Waals surface area contributed by atoms with Crippen molar-refractivity contribution in [1.82, 2.24) is 14.8 Å². The lowest BCUT2D eigenvalue weighted by Crippen LogP contribution is -2.68. The molecule has 2 aliphatic heterocycles. The number of nitrogens with zero attached hydrogens (tertiary/aromatic N) is 2. The highest BCUT2D eigenvalue weighted by atomic mass is 32.2. The fourth-order valence-electron chi connectivity index (χ4n) is 3.38. The summed E-state index contributed by atoms with van der Waals surface area (Å²) in [6, 6.07) is 2.10. The second kappa shape index (κ2) is 7.99. The smallest absolute Gasteiger partial charge is 0.246 e. The van der Waals surface area contributed by atoms with Gasteiger partial charge in [0.05, 0.1) is 4.75 Å². The summed E-state index contributed by atoms with van der Waals surface area (Å²) < 4.78 is 1.93. The number of allylic oxidation sites excluding steroid dienone is 3. The van der Waals surface area contributed by atoms with Crippen molar-refractivity contribution >= 4 is 29.7 Å². The summed E-state index contributed by atoms with van der Waals surface area (Å²) >= 11 is 1.87. The van der Waals surface area contributed by atoms with Gasteiger partial charge in [0, 0.05) is 50.7 Å². The molecule has 0 aromatic carbocycles. The molecule has 2 amide bonds. The number of aryl methyl sites for hydroxylation is 1. The van der Waals surface area contributed by atoms with Gasteiger partial charge in [-0.2, -0.15) is 0 Å². The fraction of sp³-hybridized carbons (Fsp3) is 0.400. The van der Waals surface area contributed by atoms with E-state index in [-0.39, 0.29) is 22.6 Å². The first-order valence-electron chi connectivity index (χ1n) is 8.85. The molecule has 0 saturated carbocycles. The first-order valence-corrected chi connectivity index (χ1v) is 9.84. The minimum atomic E-state index is -0.0660. The van der Waals surface area contributed by atoms with Crippen LogP contribution in [0, 0.1) is 0 Å². The summed E-state index contributed by atoms with van der Waals surface area (Å²) in [7, 11) is 1.96. The van der Waals surface area contributed by atoms with Gasteiger partial charge in [0.1, 0.15) is 0 Å². The molecule has 2 fully saturated rings. The molecule has 0 radical (unpaired) electrons. The maximum Gasteiger partial charge on any atom is 0.246 e. The topological polar surface area (TPSA) is 54.3 Å². The Balaban J connectivity index is 1.53. The summed E-state index contributed by atoms with van der Waals surface area (Å²) in [6.45, 7) is 3.30. The van der Waals surface area contributed by atoms with Gasteiger partial charge in [0.25, 0.3) is 0 Å². The summed E-state index contributed by atoms with van der Waals surface area (Å²) in [5.74, 6) is 0.986. The Hall–Kier alpha value is -2.21. The van der Waals surface area contributed by atoms with Crippen molar-refractivity contribution in [3.8, 4) is 0 Å². The molecule has 26 heavy (non-hydrogen) atoms. The van der Waals surface area contributed by atoms with Gasteiger partial charge in [-0.15, -0.1) is 11.8 Å². The van der Waals surface area contributed by atoms with Gasteiger partial charge in [-0.25, -0.2) is 0 Å². The lowest BCUT2D eigenvalue weighted by atomic mass is 9.88. The molecule has 1 spiro atoms. The highest BCUT2D eigenvalue weighted by molar-refractivity contribution is 8.01. The highest BCUT2D eigenvalue weighted by Crippen LogP contribution is 2.45. The molecule has 2 saturated heterocycles. The van der Waals surface area contributed by atoms with Crippen molar-refractivity contribution < 1.29 is 9.59 Å². The van der Waals surface area contributed by atoms with Gasteiger partial charge in [-0.3, -0.25) is 9.59 Å². The number of thioether (sulfide) groups is 1. The molecular formula is C20H25N3O2S. The van der Waals surface area contributed by atoms with Crippen molar-refractivity contribution in [2.45, 2.75) is 24.1 Å². The van der Waals surface area contributed by atoms with Crippen molar-refractivity contribution in [2.24, 2.45) is 7.05 Å². The van der Waals surface area contributed by atoms with E-state index in [4.69, 9.17) is 0 Å². The second-order valence-electron chi connectivity index (χ2n) is 6.79. The van der Waals surface area contributed by atoms with Crippen LogP contribution in [0.2, 0.25) is 0 Å². The van der Waals surface area contributed by atoms with E-state index in [1.807, 2.05) is 71.9 Å². The fourth-order valence-corrected chi connectivity index (χ4v) is 5.02. The van der Waals surface area contributed by atoms with Crippen LogP contribution in [0.25, 0.3) is 6.08 Å². The molecule has 6 heteroatoms. The highest BCUT2D eigenvalue weighted by Gasteiger charge is 2.53. The summed E-state index contributed by atoms with van der Waals surface area (Å²) in [5.41, 5.74) is 1.02. The average molecular weight is 372 g/mol. The standard InChI is InChI=1S/C20H25N3O2S/c1-3-4-5-6-18(24)21-17-10-12-26-20(17)14-23(15-20)19(25)8-7-16-9-11-22(2)13-16/h3-9,11,13,17H,10,12,14-15H2,1-2H3,(H,21,24)/b4-3+,6-5+,8-7+. The lowest BCUT2D eigenvalue weighted by molar-refractivity contribution is -0.131. The van der Waals surface area contributed by atoms with Crippen LogP contribution >= 0.6 is 11.8 Å². The molecule has 3 rings (SSSR count). The van der Waals surface area contributed by atoms with E-state index in [1.54, 1.807) is 18.2 Å². The van der Waals surface area contributed by atoms with Crippen LogP contribution in [0.3, 0.4) is 0 Å². The monoisotopic (exact) mass is 371 g/mol. The number of hydrogen-bond donors (Lipinski definition) is 1.